The summed E-state index contributed by atoms with van der Waals surface area (Å²) in [6.07, 6.45) is 4.81. The third-order valence-electron chi connectivity index (χ3n) is 5.24. The molecule has 4 rings (SSSR count). The van der Waals surface area contributed by atoms with E-state index in [0.717, 1.165) is 12.8 Å². The Balaban J connectivity index is 1.59. The number of piperidine rings is 1. The molecule has 1 saturated heterocycles. The molecule has 0 N–H and O–H groups in total. The van der Waals surface area contributed by atoms with Gasteiger partial charge in [0.2, 0.25) is 5.76 Å². The first-order valence-electron chi connectivity index (χ1n) is 9.40. The van der Waals surface area contributed by atoms with Crippen LogP contribution in [-0.4, -0.2) is 56.6 Å². The monoisotopic (exact) mass is 395 g/mol. The predicted molar refractivity (Wildman–Crippen MR) is 102 cm³/mol. The van der Waals surface area contributed by atoms with E-state index in [-0.39, 0.29) is 23.6 Å². The van der Waals surface area contributed by atoms with Crippen LogP contribution in [-0.2, 0) is 4.74 Å². The molecule has 1 amide bonds. The summed E-state index contributed by atoms with van der Waals surface area (Å²) in [6, 6.07) is 8.94. The number of amides is 1. The van der Waals surface area contributed by atoms with Crippen LogP contribution in [0.4, 0.5) is 0 Å². The average Bonchev–Trinajstić information content (AvgIpc) is 3.45. The Morgan fingerprint density at radius 2 is 1.93 bits per heavy atom. The van der Waals surface area contributed by atoms with Crippen LogP contribution >= 0.6 is 0 Å². The van der Waals surface area contributed by atoms with Gasteiger partial charge >= 0.3 is 5.97 Å². The predicted octanol–water partition coefficient (Wildman–Crippen LogP) is 2.45. The fourth-order valence-corrected chi connectivity index (χ4v) is 3.63. The first-order chi connectivity index (χ1) is 14.1. The smallest absolute Gasteiger partial charge is 0.376 e. The van der Waals surface area contributed by atoms with Crippen molar-refractivity contribution in [1.82, 2.24) is 25.1 Å². The van der Waals surface area contributed by atoms with E-state index in [1.807, 2.05) is 30.0 Å². The van der Waals surface area contributed by atoms with Crippen LogP contribution in [0.25, 0.3) is 5.69 Å². The van der Waals surface area contributed by atoms with E-state index in [1.165, 1.54) is 11.9 Å². The third kappa shape index (κ3) is 3.63. The third-order valence-corrected chi connectivity index (χ3v) is 5.24. The molecule has 1 fully saturated rings. The normalized spacial score (nSPS) is 19.2. The van der Waals surface area contributed by atoms with Gasteiger partial charge in [-0.1, -0.05) is 17.3 Å². The van der Waals surface area contributed by atoms with Gasteiger partial charge < -0.3 is 14.2 Å². The van der Waals surface area contributed by atoms with E-state index >= 15 is 0 Å². The SMILES string of the molecule is COC(=O)c1cc([C@@H]2CC[C@@H](C)N(C(=O)c3ccccc3-n3nccn3)C2)no1. The van der Waals surface area contributed by atoms with E-state index in [1.54, 1.807) is 24.5 Å². The molecule has 9 heteroatoms. The molecule has 0 saturated carbocycles. The second kappa shape index (κ2) is 7.86. The summed E-state index contributed by atoms with van der Waals surface area (Å²) >= 11 is 0. The van der Waals surface area contributed by atoms with Gasteiger partial charge in [-0.25, -0.2) is 4.79 Å². The molecule has 1 aliphatic heterocycles. The number of likely N-dealkylation sites (tertiary alicyclic amines) is 1. The summed E-state index contributed by atoms with van der Waals surface area (Å²) in [5.41, 5.74) is 1.81. The first kappa shape index (κ1) is 18.9. The zero-order chi connectivity index (χ0) is 20.4. The van der Waals surface area contributed by atoms with E-state index in [2.05, 4.69) is 20.1 Å². The van der Waals surface area contributed by atoms with Gasteiger partial charge in [-0.3, -0.25) is 4.79 Å². The van der Waals surface area contributed by atoms with Crippen LogP contribution in [0.5, 0.6) is 0 Å². The van der Waals surface area contributed by atoms with Crippen LogP contribution < -0.4 is 0 Å². The van der Waals surface area contributed by atoms with Crippen LogP contribution in [0.3, 0.4) is 0 Å². The number of hydrogen-bond acceptors (Lipinski definition) is 7. The highest BCUT2D eigenvalue weighted by molar-refractivity contribution is 5.98. The Bertz CT molecular complexity index is 1010. The number of methoxy groups -OCH3 is 1. The minimum absolute atomic E-state index is 0.0210. The lowest BCUT2D eigenvalue weighted by atomic mass is 9.90. The lowest BCUT2D eigenvalue weighted by Crippen LogP contribution is -2.45. The molecule has 1 aliphatic rings. The minimum Gasteiger partial charge on any atom is -0.463 e. The van der Waals surface area contributed by atoms with Crippen LogP contribution in [0.1, 0.15) is 52.3 Å². The van der Waals surface area contributed by atoms with Crippen molar-refractivity contribution in [3.05, 3.63) is 59.7 Å². The summed E-state index contributed by atoms with van der Waals surface area (Å²) in [5.74, 6) is -0.616. The van der Waals surface area contributed by atoms with Gasteiger partial charge in [0.15, 0.2) is 0 Å². The van der Waals surface area contributed by atoms with Crippen molar-refractivity contribution in [3.8, 4) is 5.69 Å². The van der Waals surface area contributed by atoms with Crippen molar-refractivity contribution in [2.45, 2.75) is 31.7 Å². The summed E-state index contributed by atoms with van der Waals surface area (Å²) in [5, 5.41) is 12.3. The van der Waals surface area contributed by atoms with Crippen molar-refractivity contribution in [2.24, 2.45) is 0 Å². The molecule has 2 atom stereocenters. The molecule has 29 heavy (non-hydrogen) atoms. The fourth-order valence-electron chi connectivity index (χ4n) is 3.63. The summed E-state index contributed by atoms with van der Waals surface area (Å²) in [4.78, 5) is 28.3. The lowest BCUT2D eigenvalue weighted by molar-refractivity contribution is 0.0554. The zero-order valence-corrected chi connectivity index (χ0v) is 16.2. The number of benzene rings is 1. The molecule has 0 spiro atoms. The van der Waals surface area contributed by atoms with E-state index in [9.17, 15) is 9.59 Å². The molecule has 9 nitrogen and oxygen atoms in total. The zero-order valence-electron chi connectivity index (χ0n) is 16.2. The molecule has 0 aliphatic carbocycles. The Kier molecular flexibility index (Phi) is 5.11. The Morgan fingerprint density at radius 1 is 1.17 bits per heavy atom. The average molecular weight is 395 g/mol. The van der Waals surface area contributed by atoms with E-state index in [4.69, 9.17) is 4.52 Å². The maximum atomic E-state index is 13.4. The largest absolute Gasteiger partial charge is 0.463 e. The van der Waals surface area contributed by atoms with Gasteiger partial charge in [0, 0.05) is 24.6 Å². The van der Waals surface area contributed by atoms with Crippen molar-refractivity contribution in [2.75, 3.05) is 13.7 Å². The summed E-state index contributed by atoms with van der Waals surface area (Å²) < 4.78 is 9.77. The lowest BCUT2D eigenvalue weighted by Gasteiger charge is -2.37. The number of ether oxygens (including phenoxy) is 1. The number of nitrogens with zero attached hydrogens (tertiary/aromatic N) is 5. The maximum Gasteiger partial charge on any atom is 0.376 e. The van der Waals surface area contributed by atoms with Gasteiger partial charge in [-0.05, 0) is 31.9 Å². The minimum atomic E-state index is -0.568. The van der Waals surface area contributed by atoms with Gasteiger partial charge in [-0.15, -0.1) is 0 Å². The molecule has 3 heterocycles. The summed E-state index contributed by atoms with van der Waals surface area (Å²) in [7, 11) is 1.29. The molecule has 0 bridgehead atoms. The highest BCUT2D eigenvalue weighted by Crippen LogP contribution is 2.31. The molecular formula is C20H21N5O4. The molecule has 150 valence electrons. The molecule has 0 unspecified atom stereocenters. The molecule has 0 radical (unpaired) electrons. The van der Waals surface area contributed by atoms with E-state index in [0.29, 0.717) is 23.5 Å². The van der Waals surface area contributed by atoms with Crippen molar-refractivity contribution < 1.29 is 18.8 Å². The maximum absolute atomic E-state index is 13.4. The second-order valence-corrected chi connectivity index (χ2v) is 7.02. The van der Waals surface area contributed by atoms with Crippen LogP contribution in [0.15, 0.2) is 47.2 Å². The quantitative estimate of drug-likeness (QED) is 0.625. The van der Waals surface area contributed by atoms with Gasteiger partial charge in [0.25, 0.3) is 5.91 Å². The van der Waals surface area contributed by atoms with Crippen molar-refractivity contribution >= 4 is 11.9 Å². The van der Waals surface area contributed by atoms with Crippen LogP contribution in [0, 0.1) is 0 Å². The number of carbonyl (C=O) groups excluding carboxylic acids is 2. The summed E-state index contributed by atoms with van der Waals surface area (Å²) in [6.45, 7) is 2.51. The van der Waals surface area contributed by atoms with Crippen molar-refractivity contribution in [1.29, 1.82) is 0 Å². The highest BCUT2D eigenvalue weighted by Gasteiger charge is 2.33. The number of rotatable bonds is 4. The molecule has 2 aromatic heterocycles. The van der Waals surface area contributed by atoms with E-state index < -0.39 is 5.97 Å². The Labute approximate surface area is 167 Å². The number of esters is 1. The topological polar surface area (TPSA) is 103 Å². The van der Waals surface area contributed by atoms with Gasteiger partial charge in [0.05, 0.1) is 36.4 Å². The first-order valence-corrected chi connectivity index (χ1v) is 9.40. The highest BCUT2D eigenvalue weighted by atomic mass is 16.5. The van der Waals surface area contributed by atoms with Crippen LogP contribution in [0.2, 0.25) is 0 Å². The number of para-hydroxylation sites is 1. The van der Waals surface area contributed by atoms with Crippen molar-refractivity contribution in [3.63, 3.8) is 0 Å². The Hall–Kier alpha value is -3.49. The fraction of sp³-hybridized carbons (Fsp3) is 0.350. The number of carbonyl (C=O) groups is 2. The number of aromatic nitrogens is 4. The molecule has 1 aromatic carbocycles. The van der Waals surface area contributed by atoms with Gasteiger partial charge in [0.1, 0.15) is 0 Å². The number of hydrogen-bond donors (Lipinski definition) is 0. The molecular weight excluding hydrogens is 374 g/mol. The standard InChI is InChI=1S/C20H21N5O4/c1-13-7-8-14(16-11-18(29-23-16)20(27)28-2)12-24(13)19(26)15-5-3-4-6-17(15)25-21-9-10-22-25/h3-6,9-11,13-14H,7-8,12H2,1-2H3/t13-,14-/m1/s1. The molecule has 3 aromatic rings. The Morgan fingerprint density at radius 3 is 2.69 bits per heavy atom. The van der Waals surface area contributed by atoms with Gasteiger partial charge in [-0.2, -0.15) is 15.0 Å². The second-order valence-electron chi connectivity index (χ2n) is 7.02.